The van der Waals surface area contributed by atoms with Gasteiger partial charge in [0.25, 0.3) is 0 Å². The molecular weight excluding hydrogens is 232 g/mol. The standard InChI is InChI=1S/C14H14O4/c15-11-5-10-9(8-3-1-2-4-8)6-14(17)18-13(10)7-12(11)16/h5-8,15-16H,1-4H2. The molecule has 0 unspecified atom stereocenters. The topological polar surface area (TPSA) is 70.7 Å². The minimum Gasteiger partial charge on any atom is -0.504 e. The zero-order valence-electron chi connectivity index (χ0n) is 9.85. The van der Waals surface area contributed by atoms with E-state index in [1.165, 1.54) is 18.2 Å². The first-order valence-electron chi connectivity index (χ1n) is 6.15. The maximum Gasteiger partial charge on any atom is 0.336 e. The number of aromatic hydroxyl groups is 2. The summed E-state index contributed by atoms with van der Waals surface area (Å²) in [4.78, 5) is 11.5. The number of rotatable bonds is 1. The summed E-state index contributed by atoms with van der Waals surface area (Å²) in [5.74, 6) is -0.106. The van der Waals surface area contributed by atoms with E-state index in [0.29, 0.717) is 11.5 Å². The van der Waals surface area contributed by atoms with E-state index in [1.807, 2.05) is 0 Å². The number of hydrogen-bond donors (Lipinski definition) is 2. The van der Waals surface area contributed by atoms with Gasteiger partial charge in [-0.15, -0.1) is 0 Å². The van der Waals surface area contributed by atoms with Gasteiger partial charge in [-0.1, -0.05) is 12.8 Å². The van der Waals surface area contributed by atoms with Crippen molar-refractivity contribution < 1.29 is 14.6 Å². The van der Waals surface area contributed by atoms with Crippen molar-refractivity contribution in [1.82, 2.24) is 0 Å². The van der Waals surface area contributed by atoms with E-state index in [2.05, 4.69) is 0 Å². The van der Waals surface area contributed by atoms with Gasteiger partial charge in [-0.25, -0.2) is 4.79 Å². The molecule has 0 saturated heterocycles. The quantitative estimate of drug-likeness (QED) is 0.599. The predicted molar refractivity (Wildman–Crippen MR) is 67.0 cm³/mol. The highest BCUT2D eigenvalue weighted by atomic mass is 16.4. The highest BCUT2D eigenvalue weighted by Crippen LogP contribution is 2.39. The Morgan fingerprint density at radius 1 is 1.06 bits per heavy atom. The number of phenolic OH excluding ortho intramolecular Hbond substituents is 2. The summed E-state index contributed by atoms with van der Waals surface area (Å²) in [5, 5.41) is 19.8. The Labute approximate surface area is 103 Å². The molecule has 94 valence electrons. The molecule has 0 atom stereocenters. The average molecular weight is 246 g/mol. The van der Waals surface area contributed by atoms with Gasteiger partial charge in [0.2, 0.25) is 0 Å². The van der Waals surface area contributed by atoms with Crippen molar-refractivity contribution in [3.8, 4) is 11.5 Å². The highest BCUT2D eigenvalue weighted by molar-refractivity contribution is 5.84. The van der Waals surface area contributed by atoms with Crippen molar-refractivity contribution in [3.63, 3.8) is 0 Å². The van der Waals surface area contributed by atoms with E-state index < -0.39 is 5.63 Å². The maximum atomic E-state index is 11.5. The van der Waals surface area contributed by atoms with Crippen molar-refractivity contribution in [1.29, 1.82) is 0 Å². The minimum absolute atomic E-state index is 0.185. The van der Waals surface area contributed by atoms with Gasteiger partial charge in [-0.3, -0.25) is 0 Å². The fourth-order valence-electron chi connectivity index (χ4n) is 2.78. The van der Waals surface area contributed by atoms with Gasteiger partial charge in [0.15, 0.2) is 11.5 Å². The molecule has 0 radical (unpaired) electrons. The largest absolute Gasteiger partial charge is 0.504 e. The fourth-order valence-corrected chi connectivity index (χ4v) is 2.78. The molecule has 0 spiro atoms. The molecule has 1 aliphatic rings. The molecule has 3 rings (SSSR count). The van der Waals surface area contributed by atoms with E-state index in [1.54, 1.807) is 0 Å². The van der Waals surface area contributed by atoms with Crippen LogP contribution in [0.1, 0.15) is 37.2 Å². The zero-order valence-corrected chi connectivity index (χ0v) is 9.85. The van der Waals surface area contributed by atoms with Crippen LogP contribution in [0.15, 0.2) is 27.4 Å². The van der Waals surface area contributed by atoms with E-state index in [0.717, 1.165) is 36.6 Å². The normalized spacial score (nSPS) is 16.4. The molecule has 4 nitrogen and oxygen atoms in total. The zero-order chi connectivity index (χ0) is 12.7. The van der Waals surface area contributed by atoms with Crippen LogP contribution in [0.4, 0.5) is 0 Å². The van der Waals surface area contributed by atoms with E-state index in [4.69, 9.17) is 4.42 Å². The van der Waals surface area contributed by atoms with Crippen molar-refractivity contribution in [2.75, 3.05) is 0 Å². The molecule has 4 heteroatoms. The number of phenols is 2. The maximum absolute atomic E-state index is 11.5. The summed E-state index contributed by atoms with van der Waals surface area (Å²) in [6.45, 7) is 0. The molecule has 0 bridgehead atoms. The van der Waals surface area contributed by atoms with Crippen molar-refractivity contribution >= 4 is 11.0 Å². The SMILES string of the molecule is O=c1cc(C2CCCC2)c2cc(O)c(O)cc2o1. The van der Waals surface area contributed by atoms with Crippen LogP contribution >= 0.6 is 0 Å². The van der Waals surface area contributed by atoms with Crippen LogP contribution in [0.2, 0.25) is 0 Å². The smallest absolute Gasteiger partial charge is 0.336 e. The third-order valence-corrected chi connectivity index (χ3v) is 3.67. The van der Waals surface area contributed by atoms with Gasteiger partial charge in [-0.2, -0.15) is 0 Å². The van der Waals surface area contributed by atoms with Crippen LogP contribution in [0, 0.1) is 0 Å². The Bertz CT molecular complexity index is 651. The van der Waals surface area contributed by atoms with Gasteiger partial charge in [0, 0.05) is 17.5 Å². The molecule has 1 saturated carbocycles. The Hall–Kier alpha value is -1.97. The third kappa shape index (κ3) is 1.74. The lowest BCUT2D eigenvalue weighted by Crippen LogP contribution is -2.03. The second kappa shape index (κ2) is 4.05. The van der Waals surface area contributed by atoms with Crippen LogP contribution in [0.25, 0.3) is 11.0 Å². The molecule has 2 aromatic rings. The molecule has 1 aromatic heterocycles. The van der Waals surface area contributed by atoms with Crippen LogP contribution < -0.4 is 5.63 Å². The summed E-state index contributed by atoms with van der Waals surface area (Å²) in [6.07, 6.45) is 4.44. The minimum atomic E-state index is -0.408. The molecule has 1 heterocycles. The van der Waals surface area contributed by atoms with E-state index in [9.17, 15) is 15.0 Å². The molecular formula is C14H14O4. The Balaban J connectivity index is 2.28. The van der Waals surface area contributed by atoms with Crippen LogP contribution in [0.3, 0.4) is 0 Å². The van der Waals surface area contributed by atoms with Gasteiger partial charge in [-0.05, 0) is 30.4 Å². The number of hydrogen-bond acceptors (Lipinski definition) is 4. The first-order chi connectivity index (χ1) is 8.65. The fraction of sp³-hybridized carbons (Fsp3) is 0.357. The van der Waals surface area contributed by atoms with E-state index >= 15 is 0 Å². The lowest BCUT2D eigenvalue weighted by Gasteiger charge is -2.12. The van der Waals surface area contributed by atoms with E-state index in [-0.39, 0.29) is 11.5 Å². The van der Waals surface area contributed by atoms with Crippen molar-refractivity contribution in [3.05, 3.63) is 34.2 Å². The van der Waals surface area contributed by atoms with Gasteiger partial charge in [0.1, 0.15) is 5.58 Å². The summed E-state index contributed by atoms with van der Waals surface area (Å²) in [7, 11) is 0. The van der Waals surface area contributed by atoms with Crippen LogP contribution in [0.5, 0.6) is 11.5 Å². The number of benzene rings is 1. The van der Waals surface area contributed by atoms with Gasteiger partial charge >= 0.3 is 5.63 Å². The third-order valence-electron chi connectivity index (χ3n) is 3.67. The molecule has 1 aromatic carbocycles. The molecule has 1 fully saturated rings. The monoisotopic (exact) mass is 246 g/mol. The molecule has 1 aliphatic carbocycles. The average Bonchev–Trinajstić information content (AvgIpc) is 2.84. The summed E-state index contributed by atoms with van der Waals surface area (Å²) >= 11 is 0. The molecule has 0 aliphatic heterocycles. The van der Waals surface area contributed by atoms with Crippen molar-refractivity contribution in [2.45, 2.75) is 31.6 Å². The Kier molecular flexibility index (Phi) is 2.51. The predicted octanol–water partition coefficient (Wildman–Crippen LogP) is 2.86. The Morgan fingerprint density at radius 3 is 2.44 bits per heavy atom. The van der Waals surface area contributed by atoms with Gasteiger partial charge < -0.3 is 14.6 Å². The summed E-state index contributed by atoms with van der Waals surface area (Å²) in [5.41, 5.74) is 0.850. The van der Waals surface area contributed by atoms with Crippen LogP contribution in [-0.2, 0) is 0 Å². The second-order valence-corrected chi connectivity index (χ2v) is 4.84. The Morgan fingerprint density at radius 2 is 1.72 bits per heavy atom. The molecule has 18 heavy (non-hydrogen) atoms. The molecule has 0 amide bonds. The first kappa shape index (κ1) is 11.1. The van der Waals surface area contributed by atoms with Crippen LogP contribution in [-0.4, -0.2) is 10.2 Å². The molecule has 2 N–H and O–H groups in total. The summed E-state index contributed by atoms with van der Waals surface area (Å²) in [6, 6.07) is 4.28. The highest BCUT2D eigenvalue weighted by Gasteiger charge is 2.21. The lowest BCUT2D eigenvalue weighted by molar-refractivity contribution is 0.403. The first-order valence-corrected chi connectivity index (χ1v) is 6.15. The lowest BCUT2D eigenvalue weighted by atomic mass is 9.95. The van der Waals surface area contributed by atoms with Gasteiger partial charge in [0.05, 0.1) is 0 Å². The van der Waals surface area contributed by atoms with Crippen molar-refractivity contribution in [2.24, 2.45) is 0 Å². The summed E-state index contributed by atoms with van der Waals surface area (Å²) < 4.78 is 5.07. The second-order valence-electron chi connectivity index (χ2n) is 4.84. The number of fused-ring (bicyclic) bond motifs is 1.